The van der Waals surface area contributed by atoms with E-state index in [0.29, 0.717) is 23.9 Å². The summed E-state index contributed by atoms with van der Waals surface area (Å²) < 4.78 is 11.7. The molecule has 2 heterocycles. The maximum atomic E-state index is 6.59. The van der Waals surface area contributed by atoms with Crippen LogP contribution in [-0.4, -0.2) is 24.9 Å². The summed E-state index contributed by atoms with van der Waals surface area (Å²) in [6.45, 7) is 7.41. The molecular weight excluding hydrogens is 262 g/mol. The molecule has 0 amide bonds. The zero-order chi connectivity index (χ0) is 15.0. The lowest BCUT2D eigenvalue weighted by Crippen LogP contribution is -2.39. The van der Waals surface area contributed by atoms with Crippen molar-refractivity contribution >= 4 is 0 Å². The van der Waals surface area contributed by atoms with Gasteiger partial charge >= 0.3 is 0 Å². The number of ether oxygens (including phenoxy) is 2. The van der Waals surface area contributed by atoms with Crippen molar-refractivity contribution in [3.63, 3.8) is 0 Å². The van der Waals surface area contributed by atoms with Crippen LogP contribution in [0.5, 0.6) is 5.75 Å². The third kappa shape index (κ3) is 2.82. The lowest BCUT2D eigenvalue weighted by Gasteiger charge is -2.32. The van der Waals surface area contributed by atoms with E-state index >= 15 is 0 Å². The van der Waals surface area contributed by atoms with Crippen LogP contribution < -0.4 is 10.5 Å². The highest BCUT2D eigenvalue weighted by Crippen LogP contribution is 2.40. The van der Waals surface area contributed by atoms with E-state index in [4.69, 9.17) is 15.2 Å². The third-order valence-electron chi connectivity index (χ3n) is 5.45. The second-order valence-electron chi connectivity index (χ2n) is 6.75. The van der Waals surface area contributed by atoms with Gasteiger partial charge in [-0.05, 0) is 50.2 Å². The SMILES string of the molecule is CC1OC(C)C(C(N)CC2CCOc3ccccc32)C1C. The van der Waals surface area contributed by atoms with Gasteiger partial charge in [0, 0.05) is 12.0 Å². The van der Waals surface area contributed by atoms with E-state index in [1.807, 2.05) is 6.07 Å². The van der Waals surface area contributed by atoms with Crippen LogP contribution >= 0.6 is 0 Å². The van der Waals surface area contributed by atoms with Crippen LogP contribution in [0.15, 0.2) is 24.3 Å². The van der Waals surface area contributed by atoms with Crippen LogP contribution in [0.25, 0.3) is 0 Å². The summed E-state index contributed by atoms with van der Waals surface area (Å²) in [5.41, 5.74) is 7.91. The molecule has 2 aliphatic heterocycles. The number of para-hydroxylation sites is 1. The zero-order valence-electron chi connectivity index (χ0n) is 13.3. The van der Waals surface area contributed by atoms with Crippen LogP contribution in [-0.2, 0) is 4.74 Å². The molecule has 2 aliphatic rings. The van der Waals surface area contributed by atoms with Gasteiger partial charge in [-0.1, -0.05) is 25.1 Å². The van der Waals surface area contributed by atoms with Crippen LogP contribution in [0.4, 0.5) is 0 Å². The molecule has 6 atom stereocenters. The lowest BCUT2D eigenvalue weighted by molar-refractivity contribution is 0.0483. The highest BCUT2D eigenvalue weighted by Gasteiger charge is 2.41. The number of fused-ring (bicyclic) bond motifs is 1. The average molecular weight is 289 g/mol. The molecule has 1 aromatic rings. The summed E-state index contributed by atoms with van der Waals surface area (Å²) in [6, 6.07) is 8.58. The number of hydrogen-bond donors (Lipinski definition) is 1. The molecular formula is C18H27NO2. The van der Waals surface area contributed by atoms with Crippen molar-refractivity contribution in [3.8, 4) is 5.75 Å². The molecule has 0 saturated carbocycles. The Morgan fingerprint density at radius 1 is 1.19 bits per heavy atom. The molecule has 0 aliphatic carbocycles. The Labute approximate surface area is 127 Å². The van der Waals surface area contributed by atoms with Crippen LogP contribution in [0.3, 0.4) is 0 Å². The quantitative estimate of drug-likeness (QED) is 0.928. The smallest absolute Gasteiger partial charge is 0.122 e. The average Bonchev–Trinajstić information content (AvgIpc) is 2.72. The Balaban J connectivity index is 1.73. The maximum Gasteiger partial charge on any atom is 0.122 e. The van der Waals surface area contributed by atoms with E-state index in [1.54, 1.807) is 0 Å². The molecule has 116 valence electrons. The molecule has 6 unspecified atom stereocenters. The molecule has 0 spiro atoms. The normalized spacial score (nSPS) is 36.9. The van der Waals surface area contributed by atoms with Gasteiger partial charge in [0.1, 0.15) is 5.75 Å². The highest BCUT2D eigenvalue weighted by molar-refractivity contribution is 5.37. The van der Waals surface area contributed by atoms with Gasteiger partial charge in [0.15, 0.2) is 0 Å². The number of nitrogens with two attached hydrogens (primary N) is 1. The maximum absolute atomic E-state index is 6.59. The predicted molar refractivity (Wildman–Crippen MR) is 84.6 cm³/mol. The molecule has 0 radical (unpaired) electrons. The van der Waals surface area contributed by atoms with E-state index in [9.17, 15) is 0 Å². The number of benzene rings is 1. The second-order valence-corrected chi connectivity index (χ2v) is 6.75. The van der Waals surface area contributed by atoms with E-state index in [2.05, 4.69) is 39.0 Å². The molecule has 3 heteroatoms. The fourth-order valence-corrected chi connectivity index (χ4v) is 4.18. The lowest BCUT2D eigenvalue weighted by atomic mass is 9.78. The van der Waals surface area contributed by atoms with Crippen molar-refractivity contribution in [2.75, 3.05) is 6.61 Å². The fourth-order valence-electron chi connectivity index (χ4n) is 4.18. The van der Waals surface area contributed by atoms with E-state index in [1.165, 1.54) is 5.56 Å². The molecule has 0 aromatic heterocycles. The molecule has 3 rings (SSSR count). The van der Waals surface area contributed by atoms with Crippen molar-refractivity contribution in [2.45, 2.75) is 57.8 Å². The van der Waals surface area contributed by atoms with Gasteiger partial charge in [0.05, 0.1) is 18.8 Å². The first-order valence-corrected chi connectivity index (χ1v) is 8.20. The Hall–Kier alpha value is -1.06. The second kappa shape index (κ2) is 5.98. The van der Waals surface area contributed by atoms with Crippen LogP contribution in [0.2, 0.25) is 0 Å². The molecule has 0 bridgehead atoms. The molecule has 1 fully saturated rings. The summed E-state index contributed by atoms with van der Waals surface area (Å²) >= 11 is 0. The summed E-state index contributed by atoms with van der Waals surface area (Å²) in [6.07, 6.45) is 2.67. The Morgan fingerprint density at radius 3 is 2.67 bits per heavy atom. The largest absolute Gasteiger partial charge is 0.493 e. The van der Waals surface area contributed by atoms with Gasteiger partial charge in [-0.3, -0.25) is 0 Å². The third-order valence-corrected chi connectivity index (χ3v) is 5.45. The van der Waals surface area contributed by atoms with Crippen molar-refractivity contribution in [2.24, 2.45) is 17.6 Å². The summed E-state index contributed by atoms with van der Waals surface area (Å²) in [7, 11) is 0. The Morgan fingerprint density at radius 2 is 1.95 bits per heavy atom. The molecule has 2 N–H and O–H groups in total. The first kappa shape index (κ1) is 14.9. The standard InChI is InChI=1S/C18H27NO2/c1-11-12(2)21-13(3)18(11)16(19)10-14-8-9-20-17-7-5-4-6-15(14)17/h4-7,11-14,16,18H,8-10,19H2,1-3H3. The minimum atomic E-state index is 0.191. The van der Waals surface area contributed by atoms with Crippen molar-refractivity contribution < 1.29 is 9.47 Å². The van der Waals surface area contributed by atoms with Crippen LogP contribution in [0.1, 0.15) is 45.1 Å². The summed E-state index contributed by atoms with van der Waals surface area (Å²) in [4.78, 5) is 0. The molecule has 1 aromatic carbocycles. The predicted octanol–water partition coefficient (Wildman–Crippen LogP) is 3.33. The van der Waals surface area contributed by atoms with E-state index < -0.39 is 0 Å². The van der Waals surface area contributed by atoms with Gasteiger partial charge in [0.25, 0.3) is 0 Å². The highest BCUT2D eigenvalue weighted by atomic mass is 16.5. The van der Waals surface area contributed by atoms with Gasteiger partial charge in [-0.25, -0.2) is 0 Å². The molecule has 1 saturated heterocycles. The first-order chi connectivity index (χ1) is 10.1. The van der Waals surface area contributed by atoms with Crippen LogP contribution in [0, 0.1) is 11.8 Å². The van der Waals surface area contributed by atoms with Gasteiger partial charge in [0.2, 0.25) is 0 Å². The minimum absolute atomic E-state index is 0.191. The van der Waals surface area contributed by atoms with E-state index in [-0.39, 0.29) is 12.1 Å². The van der Waals surface area contributed by atoms with Crippen molar-refractivity contribution in [3.05, 3.63) is 29.8 Å². The molecule has 3 nitrogen and oxygen atoms in total. The Kier molecular flexibility index (Phi) is 4.23. The minimum Gasteiger partial charge on any atom is -0.493 e. The zero-order valence-corrected chi connectivity index (χ0v) is 13.3. The Bertz CT molecular complexity index is 490. The monoisotopic (exact) mass is 289 g/mol. The van der Waals surface area contributed by atoms with E-state index in [0.717, 1.165) is 25.2 Å². The number of hydrogen-bond acceptors (Lipinski definition) is 3. The molecule has 21 heavy (non-hydrogen) atoms. The van der Waals surface area contributed by atoms with Crippen molar-refractivity contribution in [1.82, 2.24) is 0 Å². The summed E-state index contributed by atoms with van der Waals surface area (Å²) in [5.74, 6) is 2.54. The van der Waals surface area contributed by atoms with Gasteiger partial charge in [-0.15, -0.1) is 0 Å². The number of rotatable bonds is 3. The fraction of sp³-hybridized carbons (Fsp3) is 0.667. The van der Waals surface area contributed by atoms with Gasteiger partial charge < -0.3 is 15.2 Å². The summed E-state index contributed by atoms with van der Waals surface area (Å²) in [5, 5.41) is 0. The topological polar surface area (TPSA) is 44.5 Å². The van der Waals surface area contributed by atoms with Gasteiger partial charge in [-0.2, -0.15) is 0 Å². The van der Waals surface area contributed by atoms with Crippen molar-refractivity contribution in [1.29, 1.82) is 0 Å². The first-order valence-electron chi connectivity index (χ1n) is 8.20.